The van der Waals surface area contributed by atoms with Gasteiger partial charge in [0.05, 0.1) is 12.8 Å². The first-order chi connectivity index (χ1) is 9.61. The van der Waals surface area contributed by atoms with Crippen molar-refractivity contribution >= 4 is 5.91 Å². The summed E-state index contributed by atoms with van der Waals surface area (Å²) in [5, 5.41) is 7.45. The van der Waals surface area contributed by atoms with Crippen molar-refractivity contribution in [3.05, 3.63) is 18.0 Å². The molecule has 1 aliphatic rings. The number of amides is 1. The van der Waals surface area contributed by atoms with Crippen molar-refractivity contribution < 1.29 is 9.53 Å². The van der Waals surface area contributed by atoms with E-state index in [-0.39, 0.29) is 18.1 Å². The fraction of sp³-hybridized carbons (Fsp3) is 0.714. The summed E-state index contributed by atoms with van der Waals surface area (Å²) in [5.74, 6) is 0.0523. The Labute approximate surface area is 120 Å². The molecule has 0 aromatic carbocycles. The van der Waals surface area contributed by atoms with E-state index in [1.54, 1.807) is 0 Å². The average Bonchev–Trinajstić information content (AvgIpc) is 2.92. The number of aryl methyl sites for hydroxylation is 1. The third-order valence-electron chi connectivity index (χ3n) is 3.47. The van der Waals surface area contributed by atoms with Crippen LogP contribution in [0.1, 0.15) is 26.3 Å². The van der Waals surface area contributed by atoms with Gasteiger partial charge in [0.15, 0.2) is 0 Å². The SMILES string of the molecule is CCn1cc(CN(C(=O)[C@@H]2CNCCO2)C(C)C)cn1. The van der Waals surface area contributed by atoms with Crippen molar-refractivity contribution in [2.45, 2.75) is 46.0 Å². The number of hydrogen-bond donors (Lipinski definition) is 1. The van der Waals surface area contributed by atoms with E-state index in [4.69, 9.17) is 4.74 Å². The van der Waals surface area contributed by atoms with Crippen molar-refractivity contribution in [2.75, 3.05) is 19.7 Å². The Bertz CT molecular complexity index is 438. The van der Waals surface area contributed by atoms with Crippen LogP contribution in [0.4, 0.5) is 0 Å². The van der Waals surface area contributed by atoms with Gasteiger partial charge in [-0.3, -0.25) is 9.48 Å². The molecule has 112 valence electrons. The largest absolute Gasteiger partial charge is 0.366 e. The van der Waals surface area contributed by atoms with E-state index in [0.29, 0.717) is 19.7 Å². The zero-order chi connectivity index (χ0) is 14.5. The molecule has 1 saturated heterocycles. The molecule has 1 aromatic rings. The predicted molar refractivity (Wildman–Crippen MR) is 76.2 cm³/mol. The summed E-state index contributed by atoms with van der Waals surface area (Å²) in [6.07, 6.45) is 3.45. The van der Waals surface area contributed by atoms with Crippen molar-refractivity contribution in [1.29, 1.82) is 0 Å². The highest BCUT2D eigenvalue weighted by Gasteiger charge is 2.28. The van der Waals surface area contributed by atoms with Gasteiger partial charge in [-0.05, 0) is 20.8 Å². The van der Waals surface area contributed by atoms with E-state index in [2.05, 4.69) is 10.4 Å². The zero-order valence-corrected chi connectivity index (χ0v) is 12.5. The molecule has 0 saturated carbocycles. The lowest BCUT2D eigenvalue weighted by Crippen LogP contribution is -2.50. The van der Waals surface area contributed by atoms with Gasteiger partial charge in [-0.1, -0.05) is 0 Å². The second-order valence-corrected chi connectivity index (χ2v) is 5.33. The van der Waals surface area contributed by atoms with Crippen LogP contribution in [0, 0.1) is 0 Å². The summed E-state index contributed by atoms with van der Waals surface area (Å²) in [4.78, 5) is 14.4. The first-order valence-electron chi connectivity index (χ1n) is 7.26. The van der Waals surface area contributed by atoms with Crippen molar-refractivity contribution in [2.24, 2.45) is 0 Å². The second-order valence-electron chi connectivity index (χ2n) is 5.33. The second kappa shape index (κ2) is 6.85. The molecular formula is C14H24N4O2. The Morgan fingerprint density at radius 3 is 3.00 bits per heavy atom. The molecule has 1 fully saturated rings. The number of aromatic nitrogens is 2. The molecule has 1 aromatic heterocycles. The van der Waals surface area contributed by atoms with Crippen molar-refractivity contribution in [3.8, 4) is 0 Å². The summed E-state index contributed by atoms with van der Waals surface area (Å²) in [6.45, 7) is 9.52. The van der Waals surface area contributed by atoms with Crippen LogP contribution < -0.4 is 5.32 Å². The fourth-order valence-electron chi connectivity index (χ4n) is 2.28. The Hall–Kier alpha value is -1.40. The van der Waals surface area contributed by atoms with Gasteiger partial charge >= 0.3 is 0 Å². The highest BCUT2D eigenvalue weighted by Crippen LogP contribution is 2.12. The van der Waals surface area contributed by atoms with Gasteiger partial charge in [-0.15, -0.1) is 0 Å². The summed E-state index contributed by atoms with van der Waals surface area (Å²) in [5.41, 5.74) is 1.05. The van der Waals surface area contributed by atoms with Crippen LogP contribution in [-0.4, -0.2) is 52.4 Å². The molecule has 0 bridgehead atoms. The summed E-state index contributed by atoms with van der Waals surface area (Å²) >= 11 is 0. The van der Waals surface area contributed by atoms with E-state index in [9.17, 15) is 4.79 Å². The first-order valence-corrected chi connectivity index (χ1v) is 7.26. The highest BCUT2D eigenvalue weighted by atomic mass is 16.5. The number of carbonyl (C=O) groups is 1. The van der Waals surface area contributed by atoms with E-state index in [0.717, 1.165) is 18.7 Å². The molecule has 1 N–H and O–H groups in total. The van der Waals surface area contributed by atoms with Crippen LogP contribution >= 0.6 is 0 Å². The summed E-state index contributed by atoms with van der Waals surface area (Å²) in [7, 11) is 0. The minimum atomic E-state index is -0.368. The minimum Gasteiger partial charge on any atom is -0.366 e. The van der Waals surface area contributed by atoms with Gasteiger partial charge in [0, 0.05) is 44.0 Å². The maximum absolute atomic E-state index is 12.6. The lowest BCUT2D eigenvalue weighted by Gasteiger charge is -2.32. The number of ether oxygens (including phenoxy) is 1. The lowest BCUT2D eigenvalue weighted by atomic mass is 10.2. The Kier molecular flexibility index (Phi) is 5.14. The molecule has 2 heterocycles. The molecule has 2 rings (SSSR count). The molecule has 6 nitrogen and oxygen atoms in total. The van der Waals surface area contributed by atoms with Crippen LogP contribution in [0.5, 0.6) is 0 Å². The first kappa shape index (κ1) is 15.0. The highest BCUT2D eigenvalue weighted by molar-refractivity contribution is 5.81. The summed E-state index contributed by atoms with van der Waals surface area (Å²) < 4.78 is 7.43. The molecule has 6 heteroatoms. The Morgan fingerprint density at radius 1 is 1.65 bits per heavy atom. The lowest BCUT2D eigenvalue weighted by molar-refractivity contribution is -0.147. The molecule has 0 unspecified atom stereocenters. The van der Waals surface area contributed by atoms with Crippen LogP contribution in [0.15, 0.2) is 12.4 Å². The number of carbonyl (C=O) groups excluding carboxylic acids is 1. The van der Waals surface area contributed by atoms with Gasteiger partial charge in [0.2, 0.25) is 0 Å². The van der Waals surface area contributed by atoms with Gasteiger partial charge in [-0.2, -0.15) is 5.10 Å². The van der Waals surface area contributed by atoms with Crippen molar-refractivity contribution in [3.63, 3.8) is 0 Å². The normalized spacial score (nSPS) is 19.3. The molecule has 1 amide bonds. The van der Waals surface area contributed by atoms with Crippen LogP contribution in [0.25, 0.3) is 0 Å². The van der Waals surface area contributed by atoms with E-state index >= 15 is 0 Å². The maximum Gasteiger partial charge on any atom is 0.253 e. The topological polar surface area (TPSA) is 59.4 Å². The Balaban J connectivity index is 2.03. The molecule has 20 heavy (non-hydrogen) atoms. The van der Waals surface area contributed by atoms with E-state index < -0.39 is 0 Å². The molecule has 0 aliphatic carbocycles. The minimum absolute atomic E-state index is 0.0523. The van der Waals surface area contributed by atoms with Crippen LogP contribution in [0.2, 0.25) is 0 Å². The molecule has 0 spiro atoms. The molecule has 0 radical (unpaired) electrons. The average molecular weight is 280 g/mol. The van der Waals surface area contributed by atoms with Gasteiger partial charge in [-0.25, -0.2) is 0 Å². The number of nitrogens with zero attached hydrogens (tertiary/aromatic N) is 3. The third-order valence-corrected chi connectivity index (χ3v) is 3.47. The Morgan fingerprint density at radius 2 is 2.45 bits per heavy atom. The molecule has 1 aliphatic heterocycles. The van der Waals surface area contributed by atoms with Gasteiger partial charge in [0.1, 0.15) is 6.10 Å². The van der Waals surface area contributed by atoms with Gasteiger partial charge in [0.25, 0.3) is 5.91 Å². The summed E-state index contributed by atoms with van der Waals surface area (Å²) in [6, 6.07) is 0.137. The van der Waals surface area contributed by atoms with Crippen molar-refractivity contribution in [1.82, 2.24) is 20.0 Å². The third kappa shape index (κ3) is 3.58. The number of hydrogen-bond acceptors (Lipinski definition) is 4. The van der Waals surface area contributed by atoms with Gasteiger partial charge < -0.3 is 15.0 Å². The van der Waals surface area contributed by atoms with E-state index in [1.165, 1.54) is 0 Å². The molecule has 1 atom stereocenters. The number of rotatable bonds is 5. The van der Waals surface area contributed by atoms with Crippen LogP contribution in [-0.2, 0) is 22.6 Å². The number of nitrogens with one attached hydrogen (secondary N) is 1. The zero-order valence-electron chi connectivity index (χ0n) is 12.5. The quantitative estimate of drug-likeness (QED) is 0.859. The standard InChI is InChI=1S/C14H24N4O2/c1-4-17-9-12(7-16-17)10-18(11(2)3)14(19)13-8-15-5-6-20-13/h7,9,11,13,15H,4-6,8,10H2,1-3H3/t13-/m0/s1. The monoisotopic (exact) mass is 280 g/mol. The fourth-order valence-corrected chi connectivity index (χ4v) is 2.28. The van der Waals surface area contributed by atoms with E-state index in [1.807, 2.05) is 42.7 Å². The maximum atomic E-state index is 12.6. The van der Waals surface area contributed by atoms with Crippen LogP contribution in [0.3, 0.4) is 0 Å². The number of morpholine rings is 1. The predicted octanol–water partition coefficient (Wildman–Crippen LogP) is 0.628. The molecular weight excluding hydrogens is 256 g/mol. The smallest absolute Gasteiger partial charge is 0.253 e.